The number of hydrogen-bond donors (Lipinski definition) is 2. The molecule has 0 radical (unpaired) electrons. The minimum absolute atomic E-state index is 0.0818. The summed E-state index contributed by atoms with van der Waals surface area (Å²) < 4.78 is 0.733. The van der Waals surface area contributed by atoms with E-state index in [0.717, 1.165) is 9.47 Å². The number of anilines is 2. The van der Waals surface area contributed by atoms with Gasteiger partial charge in [-0.15, -0.1) is 10.2 Å². The van der Waals surface area contributed by atoms with E-state index in [9.17, 15) is 4.79 Å². The molecular formula is C14H18ClN5OS2. The third kappa shape index (κ3) is 5.63. The van der Waals surface area contributed by atoms with E-state index in [1.165, 1.54) is 23.1 Å². The zero-order valence-electron chi connectivity index (χ0n) is 13.3. The van der Waals surface area contributed by atoms with Crippen molar-refractivity contribution in [2.75, 3.05) is 10.6 Å². The van der Waals surface area contributed by atoms with Crippen LogP contribution >= 0.6 is 34.7 Å². The number of rotatable bonds is 5. The Morgan fingerprint density at radius 3 is 2.78 bits per heavy atom. The maximum Gasteiger partial charge on any atom is 0.237 e. The Kier molecular flexibility index (Phi) is 5.83. The molecule has 2 N–H and O–H groups in total. The van der Waals surface area contributed by atoms with Crippen LogP contribution in [0, 0.1) is 0 Å². The van der Waals surface area contributed by atoms with Gasteiger partial charge < -0.3 is 10.6 Å². The minimum Gasteiger partial charge on any atom is -0.355 e. The van der Waals surface area contributed by atoms with Gasteiger partial charge in [-0.2, -0.15) is 0 Å². The standard InChI is InChI=1S/C14H18ClN5OS2/c1-8(11(21)17-9-6-5-7-16-10(9)15)22-13-20-19-12(23-13)18-14(2,3)4/h5-8H,1-4H3,(H,17,21)(H,18,19)/t8-/m0/s1. The summed E-state index contributed by atoms with van der Waals surface area (Å²) in [6.07, 6.45) is 1.57. The molecular weight excluding hydrogens is 354 g/mol. The Bertz CT molecular complexity index is 686. The molecule has 0 saturated carbocycles. The molecule has 0 unspecified atom stereocenters. The molecule has 2 aromatic rings. The molecule has 0 aliphatic carbocycles. The summed E-state index contributed by atoms with van der Waals surface area (Å²) in [7, 11) is 0. The summed E-state index contributed by atoms with van der Waals surface area (Å²) >= 11 is 8.72. The molecule has 124 valence electrons. The Hall–Kier alpha value is -1.38. The van der Waals surface area contributed by atoms with Gasteiger partial charge in [0.15, 0.2) is 9.49 Å². The van der Waals surface area contributed by atoms with E-state index in [4.69, 9.17) is 11.6 Å². The van der Waals surface area contributed by atoms with Crippen molar-refractivity contribution in [3.05, 3.63) is 23.5 Å². The van der Waals surface area contributed by atoms with Crippen molar-refractivity contribution >= 4 is 51.4 Å². The highest BCUT2D eigenvalue weighted by Gasteiger charge is 2.19. The smallest absolute Gasteiger partial charge is 0.237 e. The van der Waals surface area contributed by atoms with Crippen molar-refractivity contribution in [3.63, 3.8) is 0 Å². The molecule has 0 aromatic carbocycles. The Morgan fingerprint density at radius 2 is 2.13 bits per heavy atom. The summed E-state index contributed by atoms with van der Waals surface area (Å²) in [6, 6.07) is 3.43. The predicted octanol–water partition coefficient (Wildman–Crippen LogP) is 3.92. The first-order valence-corrected chi connectivity index (χ1v) is 9.02. The fourth-order valence-corrected chi connectivity index (χ4v) is 3.82. The highest BCUT2D eigenvalue weighted by Crippen LogP contribution is 2.30. The van der Waals surface area contributed by atoms with Crippen molar-refractivity contribution < 1.29 is 4.79 Å². The van der Waals surface area contributed by atoms with Gasteiger partial charge in [0, 0.05) is 11.7 Å². The molecule has 0 saturated heterocycles. The van der Waals surface area contributed by atoms with Crippen LogP contribution in [0.3, 0.4) is 0 Å². The average Bonchev–Trinajstić information content (AvgIpc) is 2.86. The number of nitrogens with one attached hydrogen (secondary N) is 2. The van der Waals surface area contributed by atoms with Gasteiger partial charge >= 0.3 is 0 Å². The van der Waals surface area contributed by atoms with Crippen molar-refractivity contribution in [1.82, 2.24) is 15.2 Å². The monoisotopic (exact) mass is 371 g/mol. The molecule has 23 heavy (non-hydrogen) atoms. The van der Waals surface area contributed by atoms with E-state index in [0.29, 0.717) is 5.69 Å². The number of amides is 1. The second-order valence-corrected chi connectivity index (χ2v) is 8.76. The molecule has 0 fully saturated rings. The van der Waals surface area contributed by atoms with E-state index < -0.39 is 0 Å². The molecule has 1 atom stereocenters. The van der Waals surface area contributed by atoms with Gasteiger partial charge in [-0.25, -0.2) is 4.98 Å². The summed E-state index contributed by atoms with van der Waals surface area (Å²) in [5, 5.41) is 14.9. The number of carbonyl (C=O) groups excluding carboxylic acids is 1. The van der Waals surface area contributed by atoms with Crippen molar-refractivity contribution in [2.45, 2.75) is 42.8 Å². The number of halogens is 1. The highest BCUT2D eigenvalue weighted by molar-refractivity contribution is 8.02. The lowest BCUT2D eigenvalue weighted by molar-refractivity contribution is -0.115. The molecule has 2 rings (SSSR count). The Morgan fingerprint density at radius 1 is 1.39 bits per heavy atom. The van der Waals surface area contributed by atoms with Gasteiger partial charge in [-0.05, 0) is 39.8 Å². The number of pyridine rings is 1. The quantitative estimate of drug-likeness (QED) is 0.612. The maximum absolute atomic E-state index is 12.2. The van der Waals surface area contributed by atoms with Gasteiger partial charge in [-0.1, -0.05) is 34.7 Å². The number of nitrogens with zero attached hydrogens (tertiary/aromatic N) is 3. The summed E-state index contributed by atoms with van der Waals surface area (Å²) in [5.74, 6) is -0.162. The van der Waals surface area contributed by atoms with Crippen molar-refractivity contribution in [2.24, 2.45) is 0 Å². The number of carbonyl (C=O) groups is 1. The van der Waals surface area contributed by atoms with Crippen LogP contribution in [0.5, 0.6) is 0 Å². The van der Waals surface area contributed by atoms with Crippen LogP contribution in [-0.2, 0) is 4.79 Å². The molecule has 0 bridgehead atoms. The van der Waals surface area contributed by atoms with E-state index in [-0.39, 0.29) is 21.8 Å². The lowest BCUT2D eigenvalue weighted by Gasteiger charge is -2.18. The molecule has 2 heterocycles. The summed E-state index contributed by atoms with van der Waals surface area (Å²) in [5.41, 5.74) is 0.417. The Balaban J connectivity index is 1.95. The number of hydrogen-bond acceptors (Lipinski definition) is 7. The molecule has 0 aliphatic heterocycles. The first-order chi connectivity index (χ1) is 10.7. The number of thioether (sulfide) groups is 1. The largest absolute Gasteiger partial charge is 0.355 e. The topological polar surface area (TPSA) is 79.8 Å². The van der Waals surface area contributed by atoms with Crippen LogP contribution in [0.15, 0.2) is 22.7 Å². The van der Waals surface area contributed by atoms with Gasteiger partial charge in [0.05, 0.1) is 10.9 Å². The predicted molar refractivity (Wildman–Crippen MR) is 96.5 cm³/mol. The lowest BCUT2D eigenvalue weighted by Crippen LogP contribution is -2.25. The number of aromatic nitrogens is 3. The zero-order valence-corrected chi connectivity index (χ0v) is 15.6. The van der Waals surface area contributed by atoms with Crippen molar-refractivity contribution in [1.29, 1.82) is 0 Å². The zero-order chi connectivity index (χ0) is 17.0. The van der Waals surface area contributed by atoms with Crippen LogP contribution in [0.1, 0.15) is 27.7 Å². The van der Waals surface area contributed by atoms with E-state index in [2.05, 4.69) is 46.6 Å². The first kappa shape index (κ1) is 18.0. The van der Waals surface area contributed by atoms with E-state index in [1.54, 1.807) is 18.3 Å². The van der Waals surface area contributed by atoms with Crippen molar-refractivity contribution in [3.8, 4) is 0 Å². The minimum atomic E-state index is -0.332. The fraction of sp³-hybridized carbons (Fsp3) is 0.429. The van der Waals surface area contributed by atoms with Crippen LogP contribution in [0.25, 0.3) is 0 Å². The van der Waals surface area contributed by atoms with E-state index in [1.807, 2.05) is 6.92 Å². The van der Waals surface area contributed by atoms with Gasteiger partial charge in [0.2, 0.25) is 11.0 Å². The average molecular weight is 372 g/mol. The second-order valence-electron chi connectivity index (χ2n) is 5.84. The molecule has 9 heteroatoms. The maximum atomic E-state index is 12.2. The van der Waals surface area contributed by atoms with Crippen LogP contribution in [0.4, 0.5) is 10.8 Å². The van der Waals surface area contributed by atoms with Crippen LogP contribution in [-0.4, -0.2) is 31.9 Å². The molecule has 0 aliphatic rings. The highest BCUT2D eigenvalue weighted by atomic mass is 35.5. The normalized spacial score (nSPS) is 12.7. The SMILES string of the molecule is C[C@H](Sc1nnc(NC(C)(C)C)s1)C(=O)Nc1cccnc1Cl. The summed E-state index contributed by atoms with van der Waals surface area (Å²) in [6.45, 7) is 7.96. The van der Waals surface area contributed by atoms with Gasteiger partial charge in [-0.3, -0.25) is 4.79 Å². The Labute approximate surface area is 148 Å². The summed E-state index contributed by atoms with van der Waals surface area (Å²) in [4.78, 5) is 16.2. The molecule has 1 amide bonds. The van der Waals surface area contributed by atoms with E-state index >= 15 is 0 Å². The van der Waals surface area contributed by atoms with Gasteiger partial charge in [0.1, 0.15) is 0 Å². The first-order valence-electron chi connectivity index (χ1n) is 6.94. The second kappa shape index (κ2) is 7.46. The van der Waals surface area contributed by atoms with Crippen LogP contribution < -0.4 is 10.6 Å². The lowest BCUT2D eigenvalue weighted by atomic mass is 10.1. The third-order valence-corrected chi connectivity index (χ3v) is 4.88. The van der Waals surface area contributed by atoms with Crippen LogP contribution in [0.2, 0.25) is 5.15 Å². The molecule has 0 spiro atoms. The molecule has 2 aromatic heterocycles. The molecule has 6 nitrogen and oxygen atoms in total. The van der Waals surface area contributed by atoms with Gasteiger partial charge in [0.25, 0.3) is 0 Å². The fourth-order valence-electron chi connectivity index (χ4n) is 1.55. The third-order valence-electron chi connectivity index (χ3n) is 2.55.